The fourth-order valence-corrected chi connectivity index (χ4v) is 2.90. The third-order valence-electron chi connectivity index (χ3n) is 4.40. The Kier molecular flexibility index (Phi) is 7.91. The predicted octanol–water partition coefficient (Wildman–Crippen LogP) is 3.20. The number of nitrogens with one attached hydrogen (secondary N) is 1. The van der Waals surface area contributed by atoms with Gasteiger partial charge in [0.05, 0.1) is 25.5 Å². The summed E-state index contributed by atoms with van der Waals surface area (Å²) in [6.07, 6.45) is 2.77. The summed E-state index contributed by atoms with van der Waals surface area (Å²) in [5.41, 5.74) is 2.44. The first-order valence-electron chi connectivity index (χ1n) is 9.59. The van der Waals surface area contributed by atoms with E-state index in [1.165, 1.54) is 0 Å². The van der Waals surface area contributed by atoms with Crippen molar-refractivity contribution >= 4 is 17.5 Å². The fraction of sp³-hybridized carbons (Fsp3) is 0.318. The van der Waals surface area contributed by atoms with Crippen LogP contribution in [0, 0.1) is 0 Å². The molecule has 7 heteroatoms. The van der Waals surface area contributed by atoms with E-state index >= 15 is 0 Å². The topological polar surface area (TPSA) is 80.3 Å². The van der Waals surface area contributed by atoms with E-state index in [1.807, 2.05) is 42.5 Å². The van der Waals surface area contributed by atoms with Crippen molar-refractivity contribution in [2.45, 2.75) is 6.61 Å². The molecule has 29 heavy (non-hydrogen) atoms. The Balaban J connectivity index is 1.67. The Labute approximate surface area is 170 Å². The highest BCUT2D eigenvalue weighted by molar-refractivity contribution is 5.87. The molecule has 154 valence electrons. The van der Waals surface area contributed by atoms with Gasteiger partial charge in [-0.15, -0.1) is 0 Å². The normalized spacial score (nSPS) is 14.0. The maximum absolute atomic E-state index is 12.2. The van der Waals surface area contributed by atoms with Gasteiger partial charge in [-0.2, -0.15) is 0 Å². The van der Waals surface area contributed by atoms with E-state index in [9.17, 15) is 4.79 Å². The summed E-state index contributed by atoms with van der Waals surface area (Å²) < 4.78 is 16.5. The average molecular weight is 398 g/mol. The molecule has 0 unspecified atom stereocenters. The molecule has 2 N–H and O–H groups in total. The molecule has 0 atom stereocenters. The summed E-state index contributed by atoms with van der Waals surface area (Å²) in [5, 5.41) is 11.6. The number of aliphatic hydroxyl groups is 1. The van der Waals surface area contributed by atoms with Crippen molar-refractivity contribution in [1.29, 1.82) is 0 Å². The molecule has 1 fully saturated rings. The lowest BCUT2D eigenvalue weighted by molar-refractivity contribution is 0.122. The van der Waals surface area contributed by atoms with Gasteiger partial charge in [-0.25, -0.2) is 4.79 Å². The van der Waals surface area contributed by atoms with Gasteiger partial charge in [-0.3, -0.25) is 5.32 Å². The van der Waals surface area contributed by atoms with Gasteiger partial charge in [-0.05, 0) is 23.8 Å². The standard InChI is InChI=1S/C22H26N2O5/c25-12-4-5-13-28-21-16-19(24-10-14-27-15-11-24)8-9-20(21)23-22(26)29-17-18-6-2-1-3-7-18/h1-9,16,25H,10-15,17H2,(H,23,26)/b5-4-. The van der Waals surface area contributed by atoms with Crippen LogP contribution in [0.3, 0.4) is 0 Å². The van der Waals surface area contributed by atoms with E-state index < -0.39 is 6.09 Å². The highest BCUT2D eigenvalue weighted by atomic mass is 16.5. The zero-order chi connectivity index (χ0) is 20.3. The lowest BCUT2D eigenvalue weighted by Gasteiger charge is -2.29. The SMILES string of the molecule is O=C(Nc1ccc(N2CCOCC2)cc1OC/C=C\CO)OCc1ccccc1. The van der Waals surface area contributed by atoms with Crippen LogP contribution in [0.4, 0.5) is 16.2 Å². The van der Waals surface area contributed by atoms with Crippen LogP contribution in [-0.4, -0.2) is 50.7 Å². The molecule has 0 bridgehead atoms. The van der Waals surface area contributed by atoms with Gasteiger partial charge in [-0.1, -0.05) is 36.4 Å². The molecule has 0 radical (unpaired) electrons. The molecule has 2 aromatic carbocycles. The summed E-state index contributed by atoms with van der Waals surface area (Å²) >= 11 is 0. The molecule has 1 saturated heterocycles. The second-order valence-corrected chi connectivity index (χ2v) is 6.43. The number of amides is 1. The van der Waals surface area contributed by atoms with Crippen LogP contribution in [0.15, 0.2) is 60.7 Å². The molecule has 3 rings (SSSR count). The van der Waals surface area contributed by atoms with Crippen molar-refractivity contribution < 1.29 is 24.1 Å². The minimum absolute atomic E-state index is 0.0475. The number of anilines is 2. The van der Waals surface area contributed by atoms with Gasteiger partial charge < -0.3 is 24.2 Å². The predicted molar refractivity (Wildman–Crippen MR) is 111 cm³/mol. The maximum atomic E-state index is 12.2. The Hall–Kier alpha value is -3.03. The van der Waals surface area contributed by atoms with Crippen molar-refractivity contribution in [1.82, 2.24) is 0 Å². The van der Waals surface area contributed by atoms with Crippen molar-refractivity contribution in [3.8, 4) is 5.75 Å². The van der Waals surface area contributed by atoms with Crippen LogP contribution in [0.2, 0.25) is 0 Å². The molecule has 1 amide bonds. The smallest absolute Gasteiger partial charge is 0.412 e. The quantitative estimate of drug-likeness (QED) is 0.665. The average Bonchev–Trinajstić information content (AvgIpc) is 2.77. The maximum Gasteiger partial charge on any atom is 0.412 e. The number of rotatable bonds is 8. The van der Waals surface area contributed by atoms with Gasteiger partial charge in [0.15, 0.2) is 0 Å². The van der Waals surface area contributed by atoms with E-state index in [1.54, 1.807) is 18.2 Å². The Morgan fingerprint density at radius 1 is 1.14 bits per heavy atom. The molecular formula is C22H26N2O5. The molecular weight excluding hydrogens is 372 g/mol. The number of hydrogen-bond donors (Lipinski definition) is 2. The first-order chi connectivity index (χ1) is 14.3. The number of nitrogens with zero attached hydrogens (tertiary/aromatic N) is 1. The van der Waals surface area contributed by atoms with Crippen LogP contribution < -0.4 is 15.0 Å². The molecule has 2 aromatic rings. The molecule has 0 aliphatic carbocycles. The Morgan fingerprint density at radius 3 is 2.69 bits per heavy atom. The molecule has 7 nitrogen and oxygen atoms in total. The number of benzene rings is 2. The number of aliphatic hydroxyl groups excluding tert-OH is 1. The Bertz CT molecular complexity index is 804. The number of carbonyl (C=O) groups is 1. The summed E-state index contributed by atoms with van der Waals surface area (Å²) in [6.45, 7) is 3.39. The monoisotopic (exact) mass is 398 g/mol. The van der Waals surface area contributed by atoms with Crippen molar-refractivity contribution in [3.05, 3.63) is 66.2 Å². The second kappa shape index (κ2) is 11.1. The number of hydrogen-bond acceptors (Lipinski definition) is 6. The van der Waals surface area contributed by atoms with E-state index in [4.69, 9.17) is 19.3 Å². The summed E-state index contributed by atoms with van der Waals surface area (Å²) in [6, 6.07) is 15.1. The van der Waals surface area contributed by atoms with E-state index in [0.717, 1.165) is 24.3 Å². The zero-order valence-corrected chi connectivity index (χ0v) is 16.3. The van der Waals surface area contributed by atoms with Gasteiger partial charge in [0.1, 0.15) is 19.0 Å². The van der Waals surface area contributed by atoms with E-state index in [0.29, 0.717) is 24.7 Å². The minimum atomic E-state index is -0.552. The van der Waals surface area contributed by atoms with Crippen LogP contribution >= 0.6 is 0 Å². The van der Waals surface area contributed by atoms with Crippen molar-refractivity contribution in [2.75, 3.05) is 49.7 Å². The molecule has 0 saturated carbocycles. The molecule has 1 aliphatic heterocycles. The minimum Gasteiger partial charge on any atom is -0.487 e. The third kappa shape index (κ3) is 6.51. The van der Waals surface area contributed by atoms with Gasteiger partial charge in [0.2, 0.25) is 0 Å². The van der Waals surface area contributed by atoms with Crippen LogP contribution in [-0.2, 0) is 16.1 Å². The lowest BCUT2D eigenvalue weighted by atomic mass is 10.2. The zero-order valence-electron chi connectivity index (χ0n) is 16.3. The molecule has 1 heterocycles. The number of morpholine rings is 1. The second-order valence-electron chi connectivity index (χ2n) is 6.43. The molecule has 0 spiro atoms. The summed E-state index contributed by atoms with van der Waals surface area (Å²) in [7, 11) is 0. The van der Waals surface area contributed by atoms with Gasteiger partial charge in [0, 0.05) is 24.8 Å². The van der Waals surface area contributed by atoms with E-state index in [-0.39, 0.29) is 19.8 Å². The van der Waals surface area contributed by atoms with Gasteiger partial charge >= 0.3 is 6.09 Å². The van der Waals surface area contributed by atoms with Crippen molar-refractivity contribution in [2.24, 2.45) is 0 Å². The number of ether oxygens (including phenoxy) is 3. The van der Waals surface area contributed by atoms with Crippen molar-refractivity contribution in [3.63, 3.8) is 0 Å². The highest BCUT2D eigenvalue weighted by Crippen LogP contribution is 2.31. The van der Waals surface area contributed by atoms with Crippen LogP contribution in [0.1, 0.15) is 5.56 Å². The highest BCUT2D eigenvalue weighted by Gasteiger charge is 2.15. The summed E-state index contributed by atoms with van der Waals surface area (Å²) in [4.78, 5) is 14.4. The first kappa shape index (κ1) is 20.7. The van der Waals surface area contributed by atoms with E-state index in [2.05, 4.69) is 10.2 Å². The fourth-order valence-electron chi connectivity index (χ4n) is 2.90. The van der Waals surface area contributed by atoms with Gasteiger partial charge in [0.25, 0.3) is 0 Å². The number of carbonyl (C=O) groups excluding carboxylic acids is 1. The third-order valence-corrected chi connectivity index (χ3v) is 4.40. The largest absolute Gasteiger partial charge is 0.487 e. The lowest BCUT2D eigenvalue weighted by Crippen LogP contribution is -2.36. The van der Waals surface area contributed by atoms with Crippen LogP contribution in [0.25, 0.3) is 0 Å². The summed E-state index contributed by atoms with van der Waals surface area (Å²) in [5.74, 6) is 0.535. The molecule has 1 aliphatic rings. The Morgan fingerprint density at radius 2 is 1.93 bits per heavy atom. The first-order valence-corrected chi connectivity index (χ1v) is 9.59. The molecule has 0 aromatic heterocycles. The van der Waals surface area contributed by atoms with Crippen LogP contribution in [0.5, 0.6) is 5.75 Å².